The normalized spacial score (nSPS) is 34.6. The fourth-order valence-corrected chi connectivity index (χ4v) is 4.28. The van der Waals surface area contributed by atoms with Gasteiger partial charge in [-0.3, -0.25) is 0 Å². The van der Waals surface area contributed by atoms with Crippen molar-refractivity contribution in [1.82, 2.24) is 0 Å². The molecular weight excluding hydrogens is 228 g/mol. The third kappa shape index (κ3) is 2.78. The van der Waals surface area contributed by atoms with Gasteiger partial charge in [0.2, 0.25) is 0 Å². The molecule has 4 unspecified atom stereocenters. The minimum Gasteiger partial charge on any atom is -0.103 e. The molecule has 19 heavy (non-hydrogen) atoms. The summed E-state index contributed by atoms with van der Waals surface area (Å²) in [5.74, 6) is 3.59. The van der Waals surface area contributed by atoms with Crippen molar-refractivity contribution in [1.29, 1.82) is 0 Å². The van der Waals surface area contributed by atoms with Crippen LogP contribution in [0.15, 0.2) is 36.9 Å². The number of aryl methyl sites for hydroxylation is 1. The molecule has 2 aliphatic rings. The Morgan fingerprint density at radius 1 is 0.947 bits per heavy atom. The van der Waals surface area contributed by atoms with Gasteiger partial charge < -0.3 is 0 Å². The first-order chi connectivity index (χ1) is 9.26. The summed E-state index contributed by atoms with van der Waals surface area (Å²) in [6.45, 7) is 6.17. The van der Waals surface area contributed by atoms with Gasteiger partial charge >= 0.3 is 0 Å². The van der Waals surface area contributed by atoms with Gasteiger partial charge in [0.05, 0.1) is 0 Å². The number of hydrogen-bond donors (Lipinski definition) is 0. The second kappa shape index (κ2) is 5.53. The molecule has 0 bridgehead atoms. The van der Waals surface area contributed by atoms with Crippen molar-refractivity contribution in [3.8, 4) is 0 Å². The van der Waals surface area contributed by atoms with E-state index in [9.17, 15) is 0 Å². The minimum absolute atomic E-state index is 0.803. The molecule has 2 aliphatic carbocycles. The van der Waals surface area contributed by atoms with E-state index in [4.69, 9.17) is 0 Å². The van der Waals surface area contributed by atoms with Crippen LogP contribution in [0.2, 0.25) is 0 Å². The Hall–Kier alpha value is -1.04. The summed E-state index contributed by atoms with van der Waals surface area (Å²) in [5.41, 5.74) is 2.96. The maximum absolute atomic E-state index is 3.99. The largest absolute Gasteiger partial charge is 0.103 e. The molecule has 0 N–H and O–H groups in total. The third-order valence-corrected chi connectivity index (χ3v) is 5.54. The van der Waals surface area contributed by atoms with Crippen molar-refractivity contribution in [2.45, 2.75) is 51.4 Å². The summed E-state index contributed by atoms with van der Waals surface area (Å²) in [7, 11) is 0. The highest BCUT2D eigenvalue weighted by atomic mass is 14.4. The monoisotopic (exact) mass is 254 g/mol. The number of hydrogen-bond acceptors (Lipinski definition) is 0. The zero-order valence-electron chi connectivity index (χ0n) is 12.1. The smallest absolute Gasteiger partial charge is 0.0159 e. The molecule has 102 valence electrons. The minimum atomic E-state index is 0.803. The van der Waals surface area contributed by atoms with Crippen LogP contribution in [0.4, 0.5) is 0 Å². The molecule has 2 fully saturated rings. The first-order valence-corrected chi connectivity index (χ1v) is 7.95. The lowest BCUT2D eigenvalue weighted by Gasteiger charge is -2.41. The van der Waals surface area contributed by atoms with Gasteiger partial charge in [0.15, 0.2) is 0 Å². The fraction of sp³-hybridized carbons (Fsp3) is 0.579. The van der Waals surface area contributed by atoms with Crippen molar-refractivity contribution < 1.29 is 0 Å². The summed E-state index contributed by atoms with van der Waals surface area (Å²) in [4.78, 5) is 0. The van der Waals surface area contributed by atoms with E-state index in [1.165, 1.54) is 44.1 Å². The van der Waals surface area contributed by atoms with Gasteiger partial charge in [-0.1, -0.05) is 35.9 Å². The van der Waals surface area contributed by atoms with Gasteiger partial charge in [-0.2, -0.15) is 0 Å². The van der Waals surface area contributed by atoms with Gasteiger partial charge in [-0.15, -0.1) is 6.58 Å². The van der Waals surface area contributed by atoms with Crippen molar-refractivity contribution in [3.05, 3.63) is 48.0 Å². The summed E-state index contributed by atoms with van der Waals surface area (Å²) in [5, 5.41) is 0. The molecule has 0 radical (unpaired) electrons. The molecule has 0 amide bonds. The average Bonchev–Trinajstić information content (AvgIpc) is 2.47. The van der Waals surface area contributed by atoms with E-state index in [1.807, 2.05) is 0 Å². The molecule has 2 saturated carbocycles. The standard InChI is InChI=1S/C19H26/c1-3-15-6-9-19-13-18(11-10-17(19)12-15)16-7-4-14(2)5-8-16/h3-5,7-8,15,17-19H,1,6,9-13H2,2H3. The first-order valence-electron chi connectivity index (χ1n) is 7.95. The van der Waals surface area contributed by atoms with Crippen molar-refractivity contribution in [2.24, 2.45) is 17.8 Å². The maximum Gasteiger partial charge on any atom is -0.0159 e. The summed E-state index contributed by atoms with van der Waals surface area (Å²) in [6, 6.07) is 9.26. The average molecular weight is 254 g/mol. The highest BCUT2D eigenvalue weighted by Gasteiger charge is 2.35. The molecule has 4 atom stereocenters. The molecule has 1 aromatic rings. The molecule has 0 aromatic heterocycles. The third-order valence-electron chi connectivity index (χ3n) is 5.54. The van der Waals surface area contributed by atoms with Crippen LogP contribution in [0.3, 0.4) is 0 Å². The van der Waals surface area contributed by atoms with Gasteiger partial charge in [-0.05, 0) is 74.7 Å². The first kappa shape index (κ1) is 13.0. The number of fused-ring (bicyclic) bond motifs is 1. The van der Waals surface area contributed by atoms with E-state index in [2.05, 4.69) is 43.8 Å². The van der Waals surface area contributed by atoms with Gasteiger partial charge in [0.25, 0.3) is 0 Å². The molecule has 0 saturated heterocycles. The summed E-state index contributed by atoms with van der Waals surface area (Å²) >= 11 is 0. The number of benzene rings is 1. The van der Waals surface area contributed by atoms with E-state index in [1.54, 1.807) is 5.56 Å². The van der Waals surface area contributed by atoms with E-state index < -0.39 is 0 Å². The van der Waals surface area contributed by atoms with Crippen molar-refractivity contribution >= 4 is 0 Å². The quantitative estimate of drug-likeness (QED) is 0.613. The molecule has 0 heterocycles. The van der Waals surface area contributed by atoms with Crippen LogP contribution in [-0.4, -0.2) is 0 Å². The Morgan fingerprint density at radius 3 is 2.37 bits per heavy atom. The zero-order chi connectivity index (χ0) is 13.2. The van der Waals surface area contributed by atoms with Crippen molar-refractivity contribution in [2.75, 3.05) is 0 Å². The van der Waals surface area contributed by atoms with E-state index in [-0.39, 0.29) is 0 Å². The molecule has 0 aliphatic heterocycles. The zero-order valence-corrected chi connectivity index (χ0v) is 12.1. The second-order valence-electron chi connectivity index (χ2n) is 6.75. The van der Waals surface area contributed by atoms with Crippen molar-refractivity contribution in [3.63, 3.8) is 0 Å². The van der Waals surface area contributed by atoms with Crippen LogP contribution < -0.4 is 0 Å². The summed E-state index contributed by atoms with van der Waals surface area (Å²) < 4.78 is 0. The molecular formula is C19H26. The van der Waals surface area contributed by atoms with E-state index in [0.29, 0.717) is 0 Å². The van der Waals surface area contributed by atoms with Crippen LogP contribution in [0, 0.1) is 24.7 Å². The Balaban J connectivity index is 1.66. The Labute approximate surface area is 117 Å². The molecule has 0 heteroatoms. The lowest BCUT2D eigenvalue weighted by molar-refractivity contribution is 0.133. The Kier molecular flexibility index (Phi) is 3.77. The fourth-order valence-electron chi connectivity index (χ4n) is 4.28. The lowest BCUT2D eigenvalue weighted by Crippen LogP contribution is -2.29. The van der Waals surface area contributed by atoms with Crippen LogP contribution in [0.25, 0.3) is 0 Å². The van der Waals surface area contributed by atoms with E-state index >= 15 is 0 Å². The second-order valence-corrected chi connectivity index (χ2v) is 6.75. The summed E-state index contributed by atoms with van der Waals surface area (Å²) in [6.07, 6.45) is 10.7. The molecule has 0 spiro atoms. The van der Waals surface area contributed by atoms with Crippen LogP contribution in [0.5, 0.6) is 0 Å². The molecule has 3 rings (SSSR count). The highest BCUT2D eigenvalue weighted by molar-refractivity contribution is 5.25. The van der Waals surface area contributed by atoms with Gasteiger partial charge in [0, 0.05) is 0 Å². The topological polar surface area (TPSA) is 0 Å². The lowest BCUT2D eigenvalue weighted by atomic mass is 9.64. The maximum atomic E-state index is 3.99. The SMILES string of the molecule is C=CC1CCC2CC(c3ccc(C)cc3)CCC2C1. The van der Waals surface area contributed by atoms with E-state index in [0.717, 1.165) is 23.7 Å². The predicted molar refractivity (Wildman–Crippen MR) is 82.3 cm³/mol. The van der Waals surface area contributed by atoms with Gasteiger partial charge in [0.1, 0.15) is 0 Å². The number of allylic oxidation sites excluding steroid dienone is 1. The Morgan fingerprint density at radius 2 is 1.63 bits per heavy atom. The predicted octanol–water partition coefficient (Wildman–Crippen LogP) is 5.48. The highest BCUT2D eigenvalue weighted by Crippen LogP contribution is 2.47. The Bertz CT molecular complexity index is 428. The molecule has 1 aromatic carbocycles. The van der Waals surface area contributed by atoms with Gasteiger partial charge in [-0.25, -0.2) is 0 Å². The molecule has 0 nitrogen and oxygen atoms in total. The van der Waals surface area contributed by atoms with Crippen LogP contribution >= 0.6 is 0 Å². The van der Waals surface area contributed by atoms with Crippen LogP contribution in [0.1, 0.15) is 55.6 Å². The van der Waals surface area contributed by atoms with Crippen LogP contribution in [-0.2, 0) is 0 Å². The number of rotatable bonds is 2.